The van der Waals surface area contributed by atoms with Gasteiger partial charge in [0.15, 0.2) is 0 Å². The van der Waals surface area contributed by atoms with Crippen molar-refractivity contribution in [3.63, 3.8) is 0 Å². The molecule has 0 fully saturated rings. The van der Waals surface area contributed by atoms with E-state index in [0.717, 1.165) is 32.1 Å². The monoisotopic (exact) mass is 582 g/mol. The van der Waals surface area contributed by atoms with Crippen LogP contribution >= 0.6 is 0 Å². The minimum Gasteiger partial charge on any atom is -0.481 e. The molecule has 0 heterocycles. The van der Waals surface area contributed by atoms with Gasteiger partial charge < -0.3 is 15.9 Å². The van der Waals surface area contributed by atoms with Gasteiger partial charge in [0.25, 0.3) is 0 Å². The summed E-state index contributed by atoms with van der Waals surface area (Å²) in [5, 5.41) is 19.9. The van der Waals surface area contributed by atoms with Crippen LogP contribution in [0.1, 0.15) is 194 Å². The molecule has 5 heteroatoms. The first-order valence-electron chi connectivity index (χ1n) is 18.1. The van der Waals surface area contributed by atoms with E-state index in [0.29, 0.717) is 25.7 Å². The lowest BCUT2D eigenvalue weighted by molar-refractivity contribution is -0.147. The van der Waals surface area contributed by atoms with E-state index in [1.807, 2.05) is 6.92 Å². The smallest absolute Gasteiger partial charge is 0.306 e. The van der Waals surface area contributed by atoms with Crippen molar-refractivity contribution in [2.24, 2.45) is 23.5 Å². The zero-order valence-corrected chi connectivity index (χ0v) is 27.7. The molecule has 4 unspecified atom stereocenters. The Morgan fingerprint density at radius 3 is 1.22 bits per heavy atom. The van der Waals surface area contributed by atoms with E-state index < -0.39 is 23.8 Å². The summed E-state index contributed by atoms with van der Waals surface area (Å²) in [5.41, 5.74) is 6.38. The molecule has 0 rings (SSSR count). The summed E-state index contributed by atoms with van der Waals surface area (Å²) in [6.45, 7) is 6.51. The van der Waals surface area contributed by atoms with Crippen molar-refractivity contribution >= 4 is 11.9 Å². The fourth-order valence-corrected chi connectivity index (χ4v) is 6.42. The zero-order valence-electron chi connectivity index (χ0n) is 27.7. The van der Waals surface area contributed by atoms with E-state index in [9.17, 15) is 19.8 Å². The zero-order chi connectivity index (χ0) is 30.6. The van der Waals surface area contributed by atoms with Gasteiger partial charge in [-0.2, -0.15) is 0 Å². The van der Waals surface area contributed by atoms with Crippen LogP contribution in [0.2, 0.25) is 0 Å². The van der Waals surface area contributed by atoms with Crippen molar-refractivity contribution in [1.82, 2.24) is 0 Å². The molecule has 0 bridgehead atoms. The second-order valence-corrected chi connectivity index (χ2v) is 13.0. The van der Waals surface area contributed by atoms with Crippen LogP contribution in [0, 0.1) is 17.8 Å². The van der Waals surface area contributed by atoms with Gasteiger partial charge in [-0.1, -0.05) is 168 Å². The number of rotatable bonds is 32. The summed E-state index contributed by atoms with van der Waals surface area (Å²) in [6.07, 6.45) is 31.0. The van der Waals surface area contributed by atoms with Gasteiger partial charge in [0.2, 0.25) is 0 Å². The van der Waals surface area contributed by atoms with Gasteiger partial charge in [0.05, 0.1) is 11.8 Å². The molecular weight excluding hydrogens is 510 g/mol. The van der Waals surface area contributed by atoms with Gasteiger partial charge in [-0.05, 0) is 31.6 Å². The Kier molecular flexibility index (Phi) is 28.2. The average Bonchev–Trinajstić information content (AvgIpc) is 2.94. The molecule has 244 valence electrons. The molecule has 0 saturated carbocycles. The molecule has 0 spiro atoms. The third-order valence-electron chi connectivity index (χ3n) is 9.23. The molecule has 5 nitrogen and oxygen atoms in total. The highest BCUT2D eigenvalue weighted by molar-refractivity contribution is 5.72. The number of nitrogens with two attached hydrogens (primary N) is 1. The molecule has 0 aromatic carbocycles. The van der Waals surface area contributed by atoms with Gasteiger partial charge in [0, 0.05) is 6.04 Å². The standard InChI is InChI=1S/C36H71NO4/c1-4-7-9-11-13-15-17-18-20-22-24-26-28-34(36(40)41)31(6-3)29-32(35(38)39)30-33(37)27-25-23-21-19-16-14-12-10-8-5-2/h31-34H,4-30,37H2,1-3H3,(H,38,39)(H,40,41). The van der Waals surface area contributed by atoms with Crippen LogP contribution < -0.4 is 5.73 Å². The number of hydrogen-bond donors (Lipinski definition) is 3. The summed E-state index contributed by atoms with van der Waals surface area (Å²) in [6, 6.07) is -0.123. The van der Waals surface area contributed by atoms with Crippen LogP contribution in [0.3, 0.4) is 0 Å². The van der Waals surface area contributed by atoms with Crippen LogP contribution in [0.25, 0.3) is 0 Å². The summed E-state index contributed by atoms with van der Waals surface area (Å²) in [5.74, 6) is -2.70. The van der Waals surface area contributed by atoms with E-state index >= 15 is 0 Å². The lowest BCUT2D eigenvalue weighted by atomic mass is 9.78. The first kappa shape index (κ1) is 39.9. The molecule has 0 aliphatic heterocycles. The van der Waals surface area contributed by atoms with Crippen LogP contribution in [0.5, 0.6) is 0 Å². The fraction of sp³-hybridized carbons (Fsp3) is 0.944. The lowest BCUT2D eigenvalue weighted by Crippen LogP contribution is -2.32. The lowest BCUT2D eigenvalue weighted by Gasteiger charge is -2.27. The van der Waals surface area contributed by atoms with Crippen LogP contribution in [0.15, 0.2) is 0 Å². The third-order valence-corrected chi connectivity index (χ3v) is 9.23. The second kappa shape index (κ2) is 29.0. The Labute approximate surface area is 255 Å². The topological polar surface area (TPSA) is 101 Å². The predicted octanol–water partition coefficient (Wildman–Crippen LogP) is 10.9. The van der Waals surface area contributed by atoms with E-state index in [2.05, 4.69) is 13.8 Å². The number of carbonyl (C=O) groups is 2. The SMILES string of the molecule is CCCCCCCCCCCCCCC(C(=O)O)C(CC)CC(CC(N)CCCCCCCCCCCC)C(=O)O. The molecular formula is C36H71NO4. The molecule has 0 aromatic heterocycles. The van der Waals surface area contributed by atoms with Gasteiger partial charge in [0.1, 0.15) is 0 Å². The Balaban J connectivity index is 4.27. The average molecular weight is 582 g/mol. The van der Waals surface area contributed by atoms with Gasteiger partial charge in [-0.15, -0.1) is 0 Å². The molecule has 41 heavy (non-hydrogen) atoms. The maximum absolute atomic E-state index is 12.1. The van der Waals surface area contributed by atoms with Crippen molar-refractivity contribution in [2.75, 3.05) is 0 Å². The number of hydrogen-bond acceptors (Lipinski definition) is 3. The molecule has 0 amide bonds. The van der Waals surface area contributed by atoms with Crippen molar-refractivity contribution in [3.05, 3.63) is 0 Å². The van der Waals surface area contributed by atoms with Crippen LogP contribution in [0.4, 0.5) is 0 Å². The quantitative estimate of drug-likeness (QED) is 0.0686. The minimum absolute atomic E-state index is 0.106. The summed E-state index contributed by atoms with van der Waals surface area (Å²) >= 11 is 0. The van der Waals surface area contributed by atoms with Crippen molar-refractivity contribution in [2.45, 2.75) is 200 Å². The van der Waals surface area contributed by atoms with Gasteiger partial charge >= 0.3 is 11.9 Å². The first-order chi connectivity index (χ1) is 19.9. The van der Waals surface area contributed by atoms with Crippen LogP contribution in [-0.4, -0.2) is 28.2 Å². The molecule has 4 N–H and O–H groups in total. The van der Waals surface area contributed by atoms with Crippen LogP contribution in [-0.2, 0) is 9.59 Å². The minimum atomic E-state index is -0.823. The Bertz CT molecular complexity index is 596. The maximum atomic E-state index is 12.1. The molecule has 0 aliphatic carbocycles. The van der Waals surface area contributed by atoms with E-state index in [1.54, 1.807) is 0 Å². The van der Waals surface area contributed by atoms with E-state index in [4.69, 9.17) is 5.73 Å². The predicted molar refractivity (Wildman–Crippen MR) is 175 cm³/mol. The second-order valence-electron chi connectivity index (χ2n) is 13.0. The van der Waals surface area contributed by atoms with Crippen molar-refractivity contribution in [3.8, 4) is 0 Å². The summed E-state index contributed by atoms with van der Waals surface area (Å²) in [7, 11) is 0. The van der Waals surface area contributed by atoms with Gasteiger partial charge in [-0.3, -0.25) is 9.59 Å². The largest absolute Gasteiger partial charge is 0.481 e. The fourth-order valence-electron chi connectivity index (χ4n) is 6.42. The summed E-state index contributed by atoms with van der Waals surface area (Å²) < 4.78 is 0. The highest BCUT2D eigenvalue weighted by Crippen LogP contribution is 2.31. The normalized spacial score (nSPS) is 14.5. The highest BCUT2D eigenvalue weighted by atomic mass is 16.4. The van der Waals surface area contributed by atoms with Crippen molar-refractivity contribution in [1.29, 1.82) is 0 Å². The Morgan fingerprint density at radius 1 is 0.512 bits per heavy atom. The first-order valence-corrected chi connectivity index (χ1v) is 18.1. The maximum Gasteiger partial charge on any atom is 0.306 e. The molecule has 0 aromatic rings. The Hall–Kier alpha value is -1.10. The molecule has 0 saturated heterocycles. The highest BCUT2D eigenvalue weighted by Gasteiger charge is 2.31. The molecule has 0 radical (unpaired) electrons. The number of carboxylic acid groups (broad SMARTS) is 2. The van der Waals surface area contributed by atoms with Gasteiger partial charge in [-0.25, -0.2) is 0 Å². The summed E-state index contributed by atoms with van der Waals surface area (Å²) in [4.78, 5) is 24.2. The van der Waals surface area contributed by atoms with Crippen molar-refractivity contribution < 1.29 is 19.8 Å². The Morgan fingerprint density at radius 2 is 0.878 bits per heavy atom. The number of unbranched alkanes of at least 4 members (excludes halogenated alkanes) is 20. The van der Waals surface area contributed by atoms with E-state index in [-0.39, 0.29) is 12.0 Å². The number of aliphatic carboxylic acids is 2. The number of carboxylic acids is 2. The molecule has 4 atom stereocenters. The third kappa shape index (κ3) is 24.1. The van der Waals surface area contributed by atoms with E-state index in [1.165, 1.54) is 116 Å². The molecule has 0 aliphatic rings.